The SMILES string of the molecule is CN(C)Cc1ccc(S(N)(=O)=O)c([N+](=O)[O-])c1. The van der Waals surface area contributed by atoms with Gasteiger partial charge in [0.05, 0.1) is 4.92 Å². The third-order valence-electron chi connectivity index (χ3n) is 2.03. The fourth-order valence-electron chi connectivity index (χ4n) is 1.41. The van der Waals surface area contributed by atoms with Gasteiger partial charge in [0.2, 0.25) is 10.0 Å². The van der Waals surface area contributed by atoms with Gasteiger partial charge in [-0.05, 0) is 25.7 Å². The molecule has 1 aromatic rings. The Morgan fingerprint density at radius 3 is 2.41 bits per heavy atom. The van der Waals surface area contributed by atoms with Crippen molar-refractivity contribution in [1.29, 1.82) is 0 Å². The number of benzene rings is 1. The first-order valence-electron chi connectivity index (χ1n) is 4.66. The van der Waals surface area contributed by atoms with Crippen LogP contribution in [0.5, 0.6) is 0 Å². The molecule has 0 spiro atoms. The van der Waals surface area contributed by atoms with E-state index >= 15 is 0 Å². The second kappa shape index (κ2) is 4.78. The van der Waals surface area contributed by atoms with Crippen LogP contribution in [0.1, 0.15) is 5.56 Å². The number of primary sulfonamides is 1. The molecule has 0 fully saturated rings. The highest BCUT2D eigenvalue weighted by Gasteiger charge is 2.22. The van der Waals surface area contributed by atoms with Gasteiger partial charge >= 0.3 is 0 Å². The van der Waals surface area contributed by atoms with Gasteiger partial charge in [0.25, 0.3) is 5.69 Å². The van der Waals surface area contributed by atoms with E-state index in [0.717, 1.165) is 6.07 Å². The summed E-state index contributed by atoms with van der Waals surface area (Å²) in [6.45, 7) is 0.478. The Bertz CT molecular complexity index is 539. The minimum Gasteiger partial charge on any atom is -0.305 e. The van der Waals surface area contributed by atoms with Crippen molar-refractivity contribution in [3.63, 3.8) is 0 Å². The van der Waals surface area contributed by atoms with Gasteiger partial charge in [-0.15, -0.1) is 0 Å². The summed E-state index contributed by atoms with van der Waals surface area (Å²) in [7, 11) is -0.469. The second-order valence-electron chi connectivity index (χ2n) is 3.84. The van der Waals surface area contributed by atoms with E-state index in [1.807, 2.05) is 4.90 Å². The van der Waals surface area contributed by atoms with Gasteiger partial charge in [0.1, 0.15) is 0 Å². The molecule has 94 valence electrons. The monoisotopic (exact) mass is 259 g/mol. The van der Waals surface area contributed by atoms with Crippen LogP contribution >= 0.6 is 0 Å². The normalized spacial score (nSPS) is 11.8. The zero-order chi connectivity index (χ0) is 13.2. The molecule has 2 N–H and O–H groups in total. The predicted molar refractivity (Wildman–Crippen MR) is 61.9 cm³/mol. The van der Waals surface area contributed by atoms with E-state index in [1.165, 1.54) is 12.1 Å². The van der Waals surface area contributed by atoms with Gasteiger partial charge in [0.15, 0.2) is 4.90 Å². The Balaban J connectivity index is 3.33. The maximum Gasteiger partial charge on any atom is 0.289 e. The van der Waals surface area contributed by atoms with Crippen LogP contribution in [0, 0.1) is 10.1 Å². The van der Waals surface area contributed by atoms with Crippen LogP contribution < -0.4 is 5.14 Å². The molecule has 0 heterocycles. The third kappa shape index (κ3) is 3.48. The highest BCUT2D eigenvalue weighted by molar-refractivity contribution is 7.89. The molecule has 0 saturated carbocycles. The Morgan fingerprint density at radius 1 is 1.41 bits per heavy atom. The number of rotatable bonds is 4. The lowest BCUT2D eigenvalue weighted by atomic mass is 10.2. The Morgan fingerprint density at radius 2 is 2.00 bits per heavy atom. The number of nitro benzene ring substituents is 1. The van der Waals surface area contributed by atoms with E-state index in [1.54, 1.807) is 14.1 Å². The first-order valence-corrected chi connectivity index (χ1v) is 6.21. The first kappa shape index (κ1) is 13.6. The van der Waals surface area contributed by atoms with Crippen molar-refractivity contribution < 1.29 is 13.3 Å². The topological polar surface area (TPSA) is 107 Å². The summed E-state index contributed by atoms with van der Waals surface area (Å²) in [5, 5.41) is 15.7. The molecule has 1 rings (SSSR count). The summed E-state index contributed by atoms with van der Waals surface area (Å²) in [6.07, 6.45) is 0. The van der Waals surface area contributed by atoms with Gasteiger partial charge in [-0.2, -0.15) is 0 Å². The first-order chi connectivity index (χ1) is 7.71. The summed E-state index contributed by atoms with van der Waals surface area (Å²) in [6, 6.07) is 3.89. The molecular weight excluding hydrogens is 246 g/mol. The van der Waals surface area contributed by atoms with E-state index in [-0.39, 0.29) is 0 Å². The maximum atomic E-state index is 11.2. The van der Waals surface area contributed by atoms with Crippen LogP contribution in [-0.2, 0) is 16.6 Å². The molecule has 0 aliphatic carbocycles. The fraction of sp³-hybridized carbons (Fsp3) is 0.333. The molecule has 8 heteroatoms. The smallest absolute Gasteiger partial charge is 0.289 e. The van der Waals surface area contributed by atoms with E-state index in [4.69, 9.17) is 5.14 Å². The van der Waals surface area contributed by atoms with Crippen molar-refractivity contribution >= 4 is 15.7 Å². The largest absolute Gasteiger partial charge is 0.305 e. The number of nitrogens with zero attached hydrogens (tertiary/aromatic N) is 2. The van der Waals surface area contributed by atoms with Crippen LogP contribution in [-0.4, -0.2) is 32.3 Å². The standard InChI is InChI=1S/C9H13N3O4S/c1-11(2)6-7-3-4-9(17(10,15)16)8(5-7)12(13)14/h3-5H,6H2,1-2H3,(H2,10,15,16). The molecule has 0 saturated heterocycles. The van der Waals surface area contributed by atoms with Crippen LogP contribution in [0.2, 0.25) is 0 Å². The molecular formula is C9H13N3O4S. The number of sulfonamides is 1. The maximum absolute atomic E-state index is 11.2. The molecule has 0 radical (unpaired) electrons. The molecule has 7 nitrogen and oxygen atoms in total. The Kier molecular flexibility index (Phi) is 3.81. The average Bonchev–Trinajstić information content (AvgIpc) is 2.14. The summed E-state index contributed by atoms with van der Waals surface area (Å²) >= 11 is 0. The lowest BCUT2D eigenvalue weighted by Gasteiger charge is -2.10. The van der Waals surface area contributed by atoms with Crippen LogP contribution in [0.25, 0.3) is 0 Å². The third-order valence-corrected chi connectivity index (χ3v) is 2.98. The predicted octanol–water partition coefficient (Wildman–Crippen LogP) is 0.304. The molecule has 17 heavy (non-hydrogen) atoms. The van der Waals surface area contributed by atoms with Crippen molar-refractivity contribution in [3.8, 4) is 0 Å². The molecule has 0 unspecified atom stereocenters. The molecule has 0 aliphatic rings. The van der Waals surface area contributed by atoms with Gasteiger partial charge in [-0.25, -0.2) is 13.6 Å². The zero-order valence-electron chi connectivity index (χ0n) is 9.45. The Labute approximate surface area is 99.0 Å². The van der Waals surface area contributed by atoms with Crippen LogP contribution in [0.4, 0.5) is 5.69 Å². The summed E-state index contributed by atoms with van der Waals surface area (Å²) in [5.74, 6) is 0. The summed E-state index contributed by atoms with van der Waals surface area (Å²) in [5.41, 5.74) is 0.154. The number of hydrogen-bond acceptors (Lipinski definition) is 5. The number of nitrogens with two attached hydrogens (primary N) is 1. The average molecular weight is 259 g/mol. The molecule has 0 atom stereocenters. The molecule has 0 aromatic heterocycles. The fourth-order valence-corrected chi connectivity index (χ4v) is 2.09. The van der Waals surface area contributed by atoms with Gasteiger partial charge < -0.3 is 4.90 Å². The molecule has 0 bridgehead atoms. The van der Waals surface area contributed by atoms with E-state index in [0.29, 0.717) is 12.1 Å². The van der Waals surface area contributed by atoms with E-state index in [2.05, 4.69) is 0 Å². The number of hydrogen-bond donors (Lipinski definition) is 1. The van der Waals surface area contributed by atoms with Crippen molar-refractivity contribution in [1.82, 2.24) is 4.90 Å². The molecule has 0 aliphatic heterocycles. The second-order valence-corrected chi connectivity index (χ2v) is 5.37. The minimum absolute atomic E-state index is 0.468. The van der Waals surface area contributed by atoms with Crippen molar-refractivity contribution in [2.75, 3.05) is 14.1 Å². The molecule has 1 aromatic carbocycles. The van der Waals surface area contributed by atoms with Crippen LogP contribution in [0.15, 0.2) is 23.1 Å². The van der Waals surface area contributed by atoms with Crippen molar-refractivity contribution in [2.45, 2.75) is 11.4 Å². The van der Waals surface area contributed by atoms with Gasteiger partial charge in [-0.1, -0.05) is 6.07 Å². The zero-order valence-corrected chi connectivity index (χ0v) is 10.3. The quantitative estimate of drug-likeness (QED) is 0.618. The highest BCUT2D eigenvalue weighted by atomic mass is 32.2. The van der Waals surface area contributed by atoms with E-state index in [9.17, 15) is 18.5 Å². The number of nitro groups is 1. The Hall–Kier alpha value is -1.51. The minimum atomic E-state index is -4.08. The lowest BCUT2D eigenvalue weighted by Crippen LogP contribution is -2.15. The van der Waals surface area contributed by atoms with Crippen LogP contribution in [0.3, 0.4) is 0 Å². The van der Waals surface area contributed by atoms with Gasteiger partial charge in [-0.3, -0.25) is 10.1 Å². The van der Waals surface area contributed by atoms with Gasteiger partial charge in [0, 0.05) is 12.6 Å². The molecule has 0 amide bonds. The van der Waals surface area contributed by atoms with Crippen molar-refractivity contribution in [2.24, 2.45) is 5.14 Å². The van der Waals surface area contributed by atoms with E-state index < -0.39 is 25.5 Å². The van der Waals surface area contributed by atoms with Crippen molar-refractivity contribution in [3.05, 3.63) is 33.9 Å². The highest BCUT2D eigenvalue weighted by Crippen LogP contribution is 2.24. The lowest BCUT2D eigenvalue weighted by molar-refractivity contribution is -0.387. The summed E-state index contributed by atoms with van der Waals surface area (Å²) < 4.78 is 22.3. The summed E-state index contributed by atoms with van der Waals surface area (Å²) in [4.78, 5) is 11.4.